The molecule has 0 unspecified atom stereocenters. The molecule has 34 heavy (non-hydrogen) atoms. The van der Waals surface area contributed by atoms with E-state index in [1.807, 2.05) is 36.4 Å². The molecule has 0 aliphatic carbocycles. The number of carbonyl (C=O) groups excluding carboxylic acids is 1. The van der Waals surface area contributed by atoms with Gasteiger partial charge in [-0.2, -0.15) is 0 Å². The van der Waals surface area contributed by atoms with Crippen LogP contribution in [0.3, 0.4) is 0 Å². The minimum Gasteiger partial charge on any atom is -0.493 e. The van der Waals surface area contributed by atoms with E-state index in [1.54, 1.807) is 18.2 Å². The van der Waals surface area contributed by atoms with E-state index < -0.39 is 0 Å². The lowest BCUT2D eigenvalue weighted by molar-refractivity contribution is 0.105. The molecule has 6 nitrogen and oxygen atoms in total. The second-order valence-electron chi connectivity index (χ2n) is 8.11. The number of rotatable bonds is 8. The van der Waals surface area contributed by atoms with Gasteiger partial charge in [0.05, 0.1) is 26.9 Å². The van der Waals surface area contributed by atoms with Crippen LogP contribution in [0, 0.1) is 0 Å². The molecule has 1 heterocycles. The number of ether oxygens (including phenoxy) is 3. The van der Waals surface area contributed by atoms with Crippen LogP contribution in [-0.2, 0) is 0 Å². The van der Waals surface area contributed by atoms with Gasteiger partial charge in [-0.15, -0.1) is 0 Å². The van der Waals surface area contributed by atoms with Crippen molar-refractivity contribution in [2.45, 2.75) is 19.8 Å². The zero-order valence-electron chi connectivity index (χ0n) is 19.9. The Kier molecular flexibility index (Phi) is 6.68. The summed E-state index contributed by atoms with van der Waals surface area (Å²) in [5.74, 6) is 1.58. The van der Waals surface area contributed by atoms with Crippen LogP contribution in [0.25, 0.3) is 22.7 Å². The molecule has 0 aliphatic rings. The van der Waals surface area contributed by atoms with Gasteiger partial charge in [0.1, 0.15) is 5.52 Å². The third-order valence-corrected chi connectivity index (χ3v) is 5.61. The molecule has 4 aromatic rings. The highest BCUT2D eigenvalue weighted by Gasteiger charge is 2.24. The minimum absolute atomic E-state index is 0.243. The van der Waals surface area contributed by atoms with E-state index in [0.717, 1.165) is 5.56 Å². The molecule has 6 heteroatoms. The molecule has 0 bridgehead atoms. The normalized spacial score (nSPS) is 11.6. The van der Waals surface area contributed by atoms with E-state index in [-0.39, 0.29) is 11.7 Å². The maximum atomic E-state index is 13.8. The smallest absolute Gasteiger partial charge is 0.231 e. The predicted octanol–water partition coefficient (Wildman–Crippen LogP) is 6.40. The third-order valence-electron chi connectivity index (χ3n) is 5.61. The van der Waals surface area contributed by atoms with Crippen molar-refractivity contribution in [3.05, 3.63) is 83.2 Å². The highest BCUT2D eigenvalue weighted by atomic mass is 16.5. The first-order chi connectivity index (χ1) is 16.4. The van der Waals surface area contributed by atoms with E-state index in [2.05, 4.69) is 31.0 Å². The molecule has 0 spiro atoms. The fourth-order valence-corrected chi connectivity index (χ4v) is 3.72. The van der Waals surface area contributed by atoms with E-state index in [0.29, 0.717) is 45.4 Å². The molecule has 3 aromatic carbocycles. The molecule has 0 radical (unpaired) electrons. The van der Waals surface area contributed by atoms with Crippen molar-refractivity contribution in [3.63, 3.8) is 0 Å². The predicted molar refractivity (Wildman–Crippen MR) is 133 cm³/mol. The second-order valence-corrected chi connectivity index (χ2v) is 8.11. The van der Waals surface area contributed by atoms with Crippen LogP contribution >= 0.6 is 0 Å². The van der Waals surface area contributed by atoms with Gasteiger partial charge in [0.2, 0.25) is 11.6 Å². The number of para-hydroxylation sites is 2. The first kappa shape index (κ1) is 23.1. The highest BCUT2D eigenvalue weighted by Crippen LogP contribution is 2.39. The third kappa shape index (κ3) is 4.53. The Labute approximate surface area is 198 Å². The summed E-state index contributed by atoms with van der Waals surface area (Å²) in [6.07, 6.45) is 1.79. The average molecular weight is 458 g/mol. The monoisotopic (exact) mass is 457 g/mol. The molecule has 0 saturated heterocycles. The Morgan fingerprint density at radius 2 is 1.56 bits per heavy atom. The van der Waals surface area contributed by atoms with E-state index in [4.69, 9.17) is 18.6 Å². The van der Waals surface area contributed by atoms with Crippen molar-refractivity contribution in [2.24, 2.45) is 0 Å². The molecule has 0 amide bonds. The Morgan fingerprint density at radius 3 is 2.12 bits per heavy atom. The largest absolute Gasteiger partial charge is 0.493 e. The molecular weight excluding hydrogens is 430 g/mol. The van der Waals surface area contributed by atoms with Gasteiger partial charge in [0.15, 0.2) is 22.9 Å². The lowest BCUT2D eigenvalue weighted by Gasteiger charge is -2.14. The number of methoxy groups -OCH3 is 3. The van der Waals surface area contributed by atoms with Crippen LogP contribution in [0.15, 0.2) is 65.1 Å². The summed E-state index contributed by atoms with van der Waals surface area (Å²) in [5, 5.41) is 0. The summed E-state index contributed by atoms with van der Waals surface area (Å²) in [6, 6.07) is 18.8. The second kappa shape index (κ2) is 9.83. The molecule has 0 aliphatic heterocycles. The van der Waals surface area contributed by atoms with Crippen LogP contribution in [-0.4, -0.2) is 32.1 Å². The molecule has 0 saturated carbocycles. The van der Waals surface area contributed by atoms with Crippen LogP contribution in [0.4, 0.5) is 0 Å². The maximum absolute atomic E-state index is 13.8. The maximum Gasteiger partial charge on any atom is 0.231 e. The van der Waals surface area contributed by atoms with Crippen molar-refractivity contribution in [3.8, 4) is 17.2 Å². The average Bonchev–Trinajstić information content (AvgIpc) is 3.30. The van der Waals surface area contributed by atoms with Gasteiger partial charge < -0.3 is 18.6 Å². The number of ketones is 1. The molecular formula is C28H27NO5. The number of aromatic nitrogens is 1. The van der Waals surface area contributed by atoms with E-state index in [1.165, 1.54) is 26.9 Å². The molecule has 0 atom stereocenters. The van der Waals surface area contributed by atoms with E-state index >= 15 is 0 Å². The van der Waals surface area contributed by atoms with Gasteiger partial charge in [-0.3, -0.25) is 4.79 Å². The Bertz CT molecular complexity index is 1290. The lowest BCUT2D eigenvalue weighted by atomic mass is 9.98. The number of benzene rings is 3. The zero-order chi connectivity index (χ0) is 24.2. The lowest BCUT2D eigenvalue weighted by Crippen LogP contribution is -2.05. The molecule has 1 aromatic heterocycles. The van der Waals surface area contributed by atoms with Crippen molar-refractivity contribution in [1.82, 2.24) is 4.98 Å². The number of hydrogen-bond acceptors (Lipinski definition) is 6. The summed E-state index contributed by atoms with van der Waals surface area (Å²) in [4.78, 5) is 18.4. The summed E-state index contributed by atoms with van der Waals surface area (Å²) in [6.45, 7) is 4.28. The quantitative estimate of drug-likeness (QED) is 0.225. The highest BCUT2D eigenvalue weighted by molar-refractivity contribution is 6.31. The standard InChI is InChI=1S/C28H27NO5/c1-17(2)19-12-10-18(11-13-19)14-21(28-29-22-8-6-7-9-23(22)34-28)26(30)20-15-24(31-3)27(33-5)25(16-20)32-4/h6-17H,1-5H3/b21-14+. The van der Waals surface area contributed by atoms with Crippen LogP contribution in [0.2, 0.25) is 0 Å². The summed E-state index contributed by atoms with van der Waals surface area (Å²) < 4.78 is 22.3. The fourth-order valence-electron chi connectivity index (χ4n) is 3.72. The fraction of sp³-hybridized carbons (Fsp3) is 0.214. The van der Waals surface area contributed by atoms with Crippen molar-refractivity contribution in [1.29, 1.82) is 0 Å². The first-order valence-corrected chi connectivity index (χ1v) is 11.0. The number of oxazole rings is 1. The number of nitrogens with zero attached hydrogens (tertiary/aromatic N) is 1. The van der Waals surface area contributed by atoms with Gasteiger partial charge in [-0.1, -0.05) is 50.2 Å². The number of carbonyl (C=O) groups is 1. The van der Waals surface area contributed by atoms with Crippen molar-refractivity contribution >= 4 is 28.5 Å². The Morgan fingerprint density at radius 1 is 0.912 bits per heavy atom. The summed E-state index contributed by atoms with van der Waals surface area (Å²) in [7, 11) is 4.55. The van der Waals surface area contributed by atoms with Crippen LogP contribution in [0.1, 0.15) is 47.1 Å². The molecule has 4 rings (SSSR count). The Balaban J connectivity index is 1.86. The topological polar surface area (TPSA) is 70.8 Å². The van der Waals surface area contributed by atoms with Gasteiger partial charge >= 0.3 is 0 Å². The van der Waals surface area contributed by atoms with E-state index in [9.17, 15) is 4.79 Å². The minimum atomic E-state index is -0.279. The van der Waals surface area contributed by atoms with Gasteiger partial charge in [-0.05, 0) is 47.4 Å². The van der Waals surface area contributed by atoms with Crippen molar-refractivity contribution < 1.29 is 23.4 Å². The van der Waals surface area contributed by atoms with Gasteiger partial charge in [0.25, 0.3) is 0 Å². The van der Waals surface area contributed by atoms with Crippen LogP contribution < -0.4 is 14.2 Å². The SMILES string of the molecule is COc1cc(C(=O)/C(=C\c2ccc(C(C)C)cc2)c2nc3ccccc3o2)cc(OC)c1OC. The van der Waals surface area contributed by atoms with Gasteiger partial charge in [0, 0.05) is 5.56 Å². The molecule has 0 fully saturated rings. The molecule has 174 valence electrons. The summed E-state index contributed by atoms with van der Waals surface area (Å²) in [5.41, 5.74) is 4.05. The number of hydrogen-bond donors (Lipinski definition) is 0. The number of fused-ring (bicyclic) bond motifs is 1. The molecule has 0 N–H and O–H groups in total. The Hall–Kier alpha value is -4.06. The van der Waals surface area contributed by atoms with Gasteiger partial charge in [-0.25, -0.2) is 4.98 Å². The first-order valence-electron chi connectivity index (χ1n) is 11.0. The number of allylic oxidation sites excluding steroid dienone is 1. The number of Topliss-reactive ketones (excluding diaryl/α,β-unsaturated/α-hetero) is 1. The zero-order valence-corrected chi connectivity index (χ0v) is 19.9. The van der Waals surface area contributed by atoms with Crippen LogP contribution in [0.5, 0.6) is 17.2 Å². The summed E-state index contributed by atoms with van der Waals surface area (Å²) >= 11 is 0. The van der Waals surface area contributed by atoms with Crippen molar-refractivity contribution in [2.75, 3.05) is 21.3 Å².